The van der Waals surface area contributed by atoms with Gasteiger partial charge >= 0.3 is 5.97 Å². The van der Waals surface area contributed by atoms with Crippen LogP contribution in [0.2, 0.25) is 5.02 Å². The number of nitrogens with two attached hydrogens (primary N) is 1. The van der Waals surface area contributed by atoms with E-state index in [0.29, 0.717) is 5.02 Å². The number of carbonyl (C=O) groups excluding carboxylic acids is 3. The highest BCUT2D eigenvalue weighted by Crippen LogP contribution is 2.19. The fraction of sp³-hybridized carbons (Fsp3) is 0.400. The molecule has 0 bridgehead atoms. The van der Waals surface area contributed by atoms with Gasteiger partial charge in [-0.25, -0.2) is 4.79 Å². The average Bonchev–Trinajstić information content (AvgIpc) is 3.30. The quantitative estimate of drug-likeness (QED) is 0.590. The standard InChI is InChI=1S/C15H18ClN3O4/c1-19(7-13(20)18-10-3-4-10)14(21)8-23-15(22)11-6-9(16)2-5-12(11)17/h2,5-6,10H,3-4,7-8,17H2,1H3,(H,18,20). The van der Waals surface area contributed by atoms with E-state index in [9.17, 15) is 14.4 Å². The van der Waals surface area contributed by atoms with Crippen molar-refractivity contribution in [3.63, 3.8) is 0 Å². The van der Waals surface area contributed by atoms with Gasteiger partial charge in [0.25, 0.3) is 5.91 Å². The second kappa shape index (κ2) is 7.32. The molecule has 1 aromatic carbocycles. The van der Waals surface area contributed by atoms with Crippen molar-refractivity contribution in [2.24, 2.45) is 0 Å². The molecule has 23 heavy (non-hydrogen) atoms. The number of nitrogens with one attached hydrogen (secondary N) is 1. The number of halogens is 1. The van der Waals surface area contributed by atoms with Gasteiger partial charge in [-0.05, 0) is 31.0 Å². The summed E-state index contributed by atoms with van der Waals surface area (Å²) in [5.41, 5.74) is 5.98. The molecule has 1 fully saturated rings. The first-order valence-electron chi connectivity index (χ1n) is 7.12. The molecular formula is C15H18ClN3O4. The first kappa shape index (κ1) is 17.1. The molecule has 1 aliphatic carbocycles. The lowest BCUT2D eigenvalue weighted by Crippen LogP contribution is -2.40. The van der Waals surface area contributed by atoms with Crippen LogP contribution in [0.3, 0.4) is 0 Å². The van der Waals surface area contributed by atoms with Crippen LogP contribution in [0.5, 0.6) is 0 Å². The van der Waals surface area contributed by atoms with Gasteiger partial charge in [0.05, 0.1) is 12.1 Å². The van der Waals surface area contributed by atoms with Crippen molar-refractivity contribution in [1.29, 1.82) is 0 Å². The zero-order valence-electron chi connectivity index (χ0n) is 12.7. The van der Waals surface area contributed by atoms with Crippen LogP contribution in [0.25, 0.3) is 0 Å². The highest BCUT2D eigenvalue weighted by atomic mass is 35.5. The number of rotatable bonds is 6. The molecule has 124 valence electrons. The van der Waals surface area contributed by atoms with Crippen molar-refractivity contribution < 1.29 is 19.1 Å². The zero-order chi connectivity index (χ0) is 17.0. The molecule has 0 saturated heterocycles. The Morgan fingerprint density at radius 2 is 2.09 bits per heavy atom. The summed E-state index contributed by atoms with van der Waals surface area (Å²) in [6, 6.07) is 4.63. The fourth-order valence-electron chi connectivity index (χ4n) is 1.83. The van der Waals surface area contributed by atoms with Gasteiger partial charge in [0.15, 0.2) is 6.61 Å². The highest BCUT2D eigenvalue weighted by molar-refractivity contribution is 6.31. The van der Waals surface area contributed by atoms with Gasteiger partial charge in [-0.3, -0.25) is 9.59 Å². The molecule has 7 nitrogen and oxygen atoms in total. The van der Waals surface area contributed by atoms with Crippen LogP contribution in [0.4, 0.5) is 5.69 Å². The van der Waals surface area contributed by atoms with Crippen molar-refractivity contribution in [1.82, 2.24) is 10.2 Å². The minimum Gasteiger partial charge on any atom is -0.452 e. The number of carbonyl (C=O) groups is 3. The van der Waals surface area contributed by atoms with Crippen LogP contribution in [0, 0.1) is 0 Å². The molecule has 8 heteroatoms. The molecule has 0 spiro atoms. The summed E-state index contributed by atoms with van der Waals surface area (Å²) in [5, 5.41) is 3.11. The minimum atomic E-state index is -0.741. The summed E-state index contributed by atoms with van der Waals surface area (Å²) < 4.78 is 4.92. The summed E-state index contributed by atoms with van der Waals surface area (Å²) in [6.07, 6.45) is 1.95. The van der Waals surface area contributed by atoms with Crippen molar-refractivity contribution in [2.45, 2.75) is 18.9 Å². The van der Waals surface area contributed by atoms with Crippen molar-refractivity contribution in [3.8, 4) is 0 Å². The Bertz CT molecular complexity index is 631. The van der Waals surface area contributed by atoms with Crippen LogP contribution >= 0.6 is 11.6 Å². The number of amides is 2. The van der Waals surface area contributed by atoms with Gasteiger partial charge in [-0.1, -0.05) is 11.6 Å². The Hall–Kier alpha value is -2.28. The van der Waals surface area contributed by atoms with Crippen LogP contribution < -0.4 is 11.1 Å². The number of benzene rings is 1. The van der Waals surface area contributed by atoms with E-state index in [2.05, 4.69) is 5.32 Å². The topological polar surface area (TPSA) is 102 Å². The Labute approximate surface area is 138 Å². The number of nitrogen functional groups attached to an aromatic ring is 1. The molecule has 0 aromatic heterocycles. The lowest BCUT2D eigenvalue weighted by molar-refractivity contribution is -0.137. The van der Waals surface area contributed by atoms with Crippen molar-refractivity contribution in [2.75, 3.05) is 25.9 Å². The number of esters is 1. The number of likely N-dealkylation sites (N-methyl/N-ethyl adjacent to an activating group) is 1. The first-order chi connectivity index (χ1) is 10.9. The monoisotopic (exact) mass is 339 g/mol. The highest BCUT2D eigenvalue weighted by Gasteiger charge is 2.24. The third kappa shape index (κ3) is 5.14. The van der Waals surface area contributed by atoms with Crippen LogP contribution in [-0.4, -0.2) is 48.9 Å². The largest absolute Gasteiger partial charge is 0.452 e. The number of hydrogen-bond acceptors (Lipinski definition) is 5. The Morgan fingerprint density at radius 3 is 2.74 bits per heavy atom. The van der Waals surface area contributed by atoms with E-state index in [1.165, 1.54) is 24.1 Å². The van der Waals surface area contributed by atoms with Crippen LogP contribution in [-0.2, 0) is 14.3 Å². The lowest BCUT2D eigenvalue weighted by atomic mass is 10.2. The number of hydrogen-bond donors (Lipinski definition) is 2. The van der Waals surface area contributed by atoms with Gasteiger partial charge in [0.1, 0.15) is 0 Å². The molecule has 0 unspecified atom stereocenters. The van der Waals surface area contributed by atoms with Gasteiger partial charge in [0, 0.05) is 23.8 Å². The van der Waals surface area contributed by atoms with Gasteiger partial charge < -0.3 is 20.7 Å². The van der Waals surface area contributed by atoms with E-state index in [0.717, 1.165) is 12.8 Å². The van der Waals surface area contributed by atoms with Crippen molar-refractivity contribution >= 4 is 35.1 Å². The summed E-state index contributed by atoms with van der Waals surface area (Å²) >= 11 is 5.79. The van der Waals surface area contributed by atoms with E-state index in [-0.39, 0.29) is 29.7 Å². The molecule has 3 N–H and O–H groups in total. The molecule has 1 aromatic rings. The summed E-state index contributed by atoms with van der Waals surface area (Å²) in [5.74, 6) is -1.45. The third-order valence-electron chi connectivity index (χ3n) is 3.31. The van der Waals surface area contributed by atoms with E-state index in [1.807, 2.05) is 0 Å². The van der Waals surface area contributed by atoms with E-state index in [4.69, 9.17) is 22.1 Å². The maximum Gasteiger partial charge on any atom is 0.340 e. The molecule has 0 atom stereocenters. The molecular weight excluding hydrogens is 322 g/mol. The summed E-state index contributed by atoms with van der Waals surface area (Å²) in [6.45, 7) is -0.551. The second-order valence-electron chi connectivity index (χ2n) is 5.40. The van der Waals surface area contributed by atoms with E-state index in [1.54, 1.807) is 6.07 Å². The molecule has 0 radical (unpaired) electrons. The molecule has 1 saturated carbocycles. The maximum atomic E-state index is 11.9. The Kier molecular flexibility index (Phi) is 5.44. The number of ether oxygens (including phenoxy) is 1. The molecule has 0 heterocycles. The summed E-state index contributed by atoms with van der Waals surface area (Å²) in [4.78, 5) is 36.6. The van der Waals surface area contributed by atoms with Crippen molar-refractivity contribution in [3.05, 3.63) is 28.8 Å². The number of anilines is 1. The predicted molar refractivity (Wildman–Crippen MR) is 84.9 cm³/mol. The first-order valence-corrected chi connectivity index (χ1v) is 7.50. The summed E-state index contributed by atoms with van der Waals surface area (Å²) in [7, 11) is 1.47. The molecule has 2 amide bonds. The van der Waals surface area contributed by atoms with Gasteiger partial charge in [-0.15, -0.1) is 0 Å². The van der Waals surface area contributed by atoms with E-state index < -0.39 is 18.5 Å². The maximum absolute atomic E-state index is 11.9. The smallest absolute Gasteiger partial charge is 0.340 e. The SMILES string of the molecule is CN(CC(=O)NC1CC1)C(=O)COC(=O)c1cc(Cl)ccc1N. The molecule has 1 aliphatic rings. The van der Waals surface area contributed by atoms with Crippen LogP contribution in [0.15, 0.2) is 18.2 Å². The molecule has 0 aliphatic heterocycles. The minimum absolute atomic E-state index is 0.0772. The van der Waals surface area contributed by atoms with Gasteiger partial charge in [-0.2, -0.15) is 0 Å². The Balaban J connectivity index is 1.81. The Morgan fingerprint density at radius 1 is 1.39 bits per heavy atom. The van der Waals surface area contributed by atoms with Gasteiger partial charge in [0.2, 0.25) is 5.91 Å². The average molecular weight is 340 g/mol. The second-order valence-corrected chi connectivity index (χ2v) is 5.84. The fourth-order valence-corrected chi connectivity index (χ4v) is 2.00. The van der Waals surface area contributed by atoms with E-state index >= 15 is 0 Å². The predicted octanol–water partition coefficient (Wildman–Crippen LogP) is 0.816. The molecule has 2 rings (SSSR count). The lowest BCUT2D eigenvalue weighted by Gasteiger charge is -2.16. The third-order valence-corrected chi connectivity index (χ3v) is 3.55. The van der Waals surface area contributed by atoms with Crippen LogP contribution in [0.1, 0.15) is 23.2 Å². The zero-order valence-corrected chi connectivity index (χ0v) is 13.4. The number of nitrogens with zero attached hydrogens (tertiary/aromatic N) is 1. The normalized spacial score (nSPS) is 13.3.